The van der Waals surface area contributed by atoms with Crippen LogP contribution in [0.5, 0.6) is 0 Å². The Hall–Kier alpha value is -6.44. The quantitative estimate of drug-likeness (QED) is 0.111. The third kappa shape index (κ3) is 15.2. The fraction of sp³-hybridized carbons (Fsp3) is 0.0357. The van der Waals surface area contributed by atoms with Gasteiger partial charge in [-0.3, -0.25) is 0 Å². The summed E-state index contributed by atoms with van der Waals surface area (Å²) in [6.07, 6.45) is 7.80. The Bertz CT molecular complexity index is 2670. The van der Waals surface area contributed by atoms with E-state index in [0.29, 0.717) is 17.0 Å². The van der Waals surface area contributed by atoms with Crippen LogP contribution in [0.1, 0.15) is 29.2 Å². The molecule has 0 nitrogen and oxygen atoms in total. The van der Waals surface area contributed by atoms with Crippen LogP contribution in [-0.4, -0.2) is 0 Å². The van der Waals surface area contributed by atoms with Crippen molar-refractivity contribution in [1.82, 2.24) is 0 Å². The first-order valence-corrected chi connectivity index (χ1v) is 23.3. The molecule has 0 N–H and O–H groups in total. The molecule has 62 heavy (non-hydrogen) atoms. The predicted octanol–water partition coefficient (Wildman–Crippen LogP) is 13.8. The zero-order chi connectivity index (χ0) is 43.8. The van der Waals surface area contributed by atoms with E-state index in [9.17, 15) is 13.2 Å². The van der Waals surface area contributed by atoms with Gasteiger partial charge in [0.15, 0.2) is 0 Å². The zero-order valence-electron chi connectivity index (χ0n) is 34.1. The standard InChI is InChI=1S/C20H14FP.C16H15F.C12H9ClFP.C8H6/c21-19-13-7-8-14-20(19)22(18-11-5-2-6-12-18)16-15-17-9-3-1-4-10-17;1-13(14-7-3-2-4-8-14)11-12-15-9-5-6-10-16(15)17;13-15(10-6-2-1-3-7-10)12-9-5-4-8-11(12)14;1-2-8-6-4-3-5-7-8/h1-14H;2-11H,12H2,1H3;1-9H;1,3-7H/b;13-11+;;. The van der Waals surface area contributed by atoms with Gasteiger partial charge in [0.05, 0.1) is 7.27 Å². The van der Waals surface area contributed by atoms with Gasteiger partial charge in [-0.25, -0.2) is 13.2 Å². The number of halogens is 4. The molecule has 0 bridgehead atoms. The van der Waals surface area contributed by atoms with Gasteiger partial charge in [0.25, 0.3) is 0 Å². The van der Waals surface area contributed by atoms with Gasteiger partial charge in [-0.05, 0) is 83.1 Å². The molecule has 8 aromatic carbocycles. The number of rotatable bonds is 7. The topological polar surface area (TPSA) is 0 Å². The summed E-state index contributed by atoms with van der Waals surface area (Å²) >= 11 is 6.26. The molecule has 306 valence electrons. The maximum atomic E-state index is 14.2. The minimum Gasteiger partial charge on any atom is -0.207 e. The third-order valence-corrected chi connectivity index (χ3v) is 13.7. The highest BCUT2D eigenvalue weighted by Crippen LogP contribution is 2.39. The third-order valence-electron chi connectivity index (χ3n) is 9.00. The van der Waals surface area contributed by atoms with Crippen molar-refractivity contribution in [1.29, 1.82) is 0 Å². The predicted molar refractivity (Wildman–Crippen MR) is 262 cm³/mol. The second-order valence-corrected chi connectivity index (χ2v) is 17.8. The molecule has 6 heteroatoms. The highest BCUT2D eigenvalue weighted by molar-refractivity contribution is 7.95. The van der Waals surface area contributed by atoms with Crippen LogP contribution in [0.3, 0.4) is 0 Å². The van der Waals surface area contributed by atoms with E-state index in [4.69, 9.17) is 17.7 Å². The highest BCUT2D eigenvalue weighted by Gasteiger charge is 2.15. The van der Waals surface area contributed by atoms with Crippen LogP contribution < -0.4 is 21.2 Å². The summed E-state index contributed by atoms with van der Waals surface area (Å²) < 4.78 is 41.1. The summed E-state index contributed by atoms with van der Waals surface area (Å²) in [5, 5.41) is 3.29. The van der Waals surface area contributed by atoms with Gasteiger partial charge >= 0.3 is 0 Å². The summed E-state index contributed by atoms with van der Waals surface area (Å²) in [7, 11) is -2.13. The SMILES string of the molecule is C#Cc1ccccc1.C/C(=C\Cc1ccccc1F)c1ccccc1.Fc1ccccc1P(C#Cc1ccccc1)c1ccccc1.Fc1ccccc1P(Cl)c1ccccc1. The molecule has 0 aliphatic carbocycles. The lowest BCUT2D eigenvalue weighted by Gasteiger charge is -2.12. The smallest absolute Gasteiger partial charge is 0.132 e. The minimum atomic E-state index is -1.09. The van der Waals surface area contributed by atoms with Crippen molar-refractivity contribution in [3.05, 3.63) is 270 Å². The maximum absolute atomic E-state index is 14.2. The van der Waals surface area contributed by atoms with Crippen molar-refractivity contribution in [2.24, 2.45) is 0 Å². The van der Waals surface area contributed by atoms with Crippen LogP contribution in [0.15, 0.2) is 231 Å². The molecule has 0 fully saturated rings. The summed E-state index contributed by atoms with van der Waals surface area (Å²) in [5.74, 6) is 5.14. The van der Waals surface area contributed by atoms with E-state index >= 15 is 0 Å². The van der Waals surface area contributed by atoms with Crippen LogP contribution in [-0.2, 0) is 6.42 Å². The Morgan fingerprint density at radius 1 is 0.500 bits per heavy atom. The Balaban J connectivity index is 0.000000164. The first kappa shape index (κ1) is 46.6. The lowest BCUT2D eigenvalue weighted by molar-refractivity contribution is 0.615. The van der Waals surface area contributed by atoms with E-state index in [2.05, 4.69) is 42.6 Å². The van der Waals surface area contributed by atoms with E-state index in [1.165, 1.54) is 29.3 Å². The monoisotopic (exact) mass is 870 g/mol. The van der Waals surface area contributed by atoms with Crippen LogP contribution in [0.25, 0.3) is 5.57 Å². The summed E-state index contributed by atoms with van der Waals surface area (Å²) in [5.41, 5.74) is 8.27. The molecular formula is C56H44ClF3P2. The molecule has 0 aromatic heterocycles. The largest absolute Gasteiger partial charge is 0.207 e. The van der Waals surface area contributed by atoms with Crippen molar-refractivity contribution < 1.29 is 13.2 Å². The van der Waals surface area contributed by atoms with E-state index in [0.717, 1.165) is 27.3 Å². The maximum Gasteiger partial charge on any atom is 0.132 e. The van der Waals surface area contributed by atoms with Gasteiger partial charge in [-0.2, -0.15) is 0 Å². The lowest BCUT2D eigenvalue weighted by Crippen LogP contribution is -2.13. The first-order valence-electron chi connectivity index (χ1n) is 19.7. The second kappa shape index (κ2) is 26.0. The summed E-state index contributed by atoms with van der Waals surface area (Å²) in [6.45, 7) is 2.05. The second-order valence-electron chi connectivity index (χ2n) is 13.4. The molecule has 0 saturated heterocycles. The van der Waals surface area contributed by atoms with Crippen molar-refractivity contribution in [2.75, 3.05) is 0 Å². The molecule has 8 aromatic rings. The number of benzene rings is 8. The van der Waals surface area contributed by atoms with Gasteiger partial charge in [0, 0.05) is 29.7 Å². The van der Waals surface area contributed by atoms with E-state index in [1.54, 1.807) is 30.3 Å². The van der Waals surface area contributed by atoms with Crippen LogP contribution in [0.2, 0.25) is 0 Å². The lowest BCUT2D eigenvalue weighted by atomic mass is 10.0. The zero-order valence-corrected chi connectivity index (χ0v) is 36.7. The average Bonchev–Trinajstić information content (AvgIpc) is 3.34. The number of terminal acetylenes is 1. The molecule has 2 unspecified atom stereocenters. The molecule has 0 aliphatic heterocycles. The molecule has 0 amide bonds. The average molecular weight is 871 g/mol. The number of hydrogen-bond acceptors (Lipinski definition) is 0. The van der Waals surface area contributed by atoms with Crippen LogP contribution in [0.4, 0.5) is 13.2 Å². The van der Waals surface area contributed by atoms with Gasteiger partial charge in [-0.15, -0.1) is 6.42 Å². The summed E-state index contributed by atoms with van der Waals surface area (Å²) in [4.78, 5) is 0. The summed E-state index contributed by atoms with van der Waals surface area (Å²) in [6, 6.07) is 69.5. The fourth-order valence-electron chi connectivity index (χ4n) is 5.71. The van der Waals surface area contributed by atoms with Crippen molar-refractivity contribution >= 4 is 53.2 Å². The highest BCUT2D eigenvalue weighted by atomic mass is 35.7. The van der Waals surface area contributed by atoms with Crippen molar-refractivity contribution in [3.63, 3.8) is 0 Å². The van der Waals surface area contributed by atoms with Gasteiger partial charge < -0.3 is 0 Å². The Labute approximate surface area is 372 Å². The van der Waals surface area contributed by atoms with E-state index in [1.807, 2.05) is 164 Å². The molecule has 2 atom stereocenters. The van der Waals surface area contributed by atoms with Crippen molar-refractivity contribution in [3.8, 4) is 23.9 Å². The first-order chi connectivity index (χ1) is 30.3. The molecular weight excluding hydrogens is 827 g/mol. The van der Waals surface area contributed by atoms with Gasteiger partial charge in [0.2, 0.25) is 0 Å². The van der Waals surface area contributed by atoms with Crippen molar-refractivity contribution in [2.45, 2.75) is 13.3 Å². The molecule has 0 saturated carbocycles. The number of hydrogen-bond donors (Lipinski definition) is 0. The van der Waals surface area contributed by atoms with Crippen LogP contribution >= 0.6 is 26.4 Å². The molecule has 0 heterocycles. The Morgan fingerprint density at radius 3 is 1.42 bits per heavy atom. The number of allylic oxidation sites excluding steroid dienone is 2. The van der Waals surface area contributed by atoms with Gasteiger partial charge in [0.1, 0.15) is 17.5 Å². The van der Waals surface area contributed by atoms with Crippen LogP contribution in [0, 0.1) is 41.4 Å². The molecule has 8 rings (SSSR count). The molecule has 0 radical (unpaired) electrons. The van der Waals surface area contributed by atoms with E-state index in [-0.39, 0.29) is 17.5 Å². The van der Waals surface area contributed by atoms with Gasteiger partial charge in [-0.1, -0.05) is 217 Å². The Morgan fingerprint density at radius 2 is 0.919 bits per heavy atom. The normalized spacial score (nSPS) is 11.2. The van der Waals surface area contributed by atoms with E-state index < -0.39 is 15.2 Å². The fourth-order valence-corrected chi connectivity index (χ4v) is 9.41. The Kier molecular flexibility index (Phi) is 19.6. The molecule has 0 aliphatic rings. The molecule has 0 spiro atoms. The minimum absolute atomic E-state index is 0.135.